The molecule has 1 saturated heterocycles. The number of rotatable bonds is 2. The summed E-state index contributed by atoms with van der Waals surface area (Å²) in [5.74, 6) is -1.67. The lowest BCUT2D eigenvalue weighted by Crippen LogP contribution is -2.35. The lowest BCUT2D eigenvalue weighted by atomic mass is 10.0. The fourth-order valence-corrected chi connectivity index (χ4v) is 2.76. The van der Waals surface area contributed by atoms with Gasteiger partial charge in [0.15, 0.2) is 0 Å². The highest BCUT2D eigenvalue weighted by atomic mass is 16.3. The molecule has 0 aliphatic carbocycles. The van der Waals surface area contributed by atoms with E-state index in [0.717, 1.165) is 25.3 Å². The maximum atomic E-state index is 12.6. The van der Waals surface area contributed by atoms with Gasteiger partial charge in [-0.1, -0.05) is 0 Å². The summed E-state index contributed by atoms with van der Waals surface area (Å²) in [6.07, 6.45) is 4.40. The molecule has 1 aliphatic rings. The molecule has 1 aliphatic heterocycles. The number of nitrogens with one attached hydrogen (secondary N) is 1. The fraction of sp³-hybridized carbons (Fsp3) is 0.333. The van der Waals surface area contributed by atoms with Crippen molar-refractivity contribution in [3.63, 3.8) is 0 Å². The standard InChI is InChI=1S/C15H17N3O4/c19-10-8-11(20)13(15(22)18-6-2-1-3-7-18)14(21)12(10)9-4-5-16-17-9/h4-5,8,19-21H,1-3,6-7H2,(H,16,17). The predicted octanol–water partition coefficient (Wildman–Crippen LogP) is 1.82. The van der Waals surface area contributed by atoms with E-state index in [1.54, 1.807) is 11.0 Å². The van der Waals surface area contributed by atoms with Crippen molar-refractivity contribution in [2.75, 3.05) is 13.1 Å². The molecule has 1 aromatic carbocycles. The Morgan fingerprint density at radius 2 is 1.86 bits per heavy atom. The molecule has 22 heavy (non-hydrogen) atoms. The topological polar surface area (TPSA) is 110 Å². The van der Waals surface area contributed by atoms with Gasteiger partial charge in [-0.15, -0.1) is 0 Å². The second kappa shape index (κ2) is 5.59. The van der Waals surface area contributed by atoms with E-state index >= 15 is 0 Å². The highest BCUT2D eigenvalue weighted by Crippen LogP contribution is 2.43. The molecule has 0 bridgehead atoms. The van der Waals surface area contributed by atoms with Crippen LogP contribution in [0, 0.1) is 0 Å². The molecule has 0 unspecified atom stereocenters. The van der Waals surface area contributed by atoms with Gasteiger partial charge in [0.1, 0.15) is 22.8 Å². The molecule has 1 aromatic heterocycles. The average molecular weight is 303 g/mol. The first-order chi connectivity index (χ1) is 10.6. The maximum Gasteiger partial charge on any atom is 0.261 e. The van der Waals surface area contributed by atoms with E-state index in [1.807, 2.05) is 0 Å². The first-order valence-corrected chi connectivity index (χ1v) is 7.17. The molecule has 1 amide bonds. The van der Waals surface area contributed by atoms with Crippen LogP contribution >= 0.6 is 0 Å². The lowest BCUT2D eigenvalue weighted by molar-refractivity contribution is 0.0718. The van der Waals surface area contributed by atoms with Crippen molar-refractivity contribution < 1.29 is 20.1 Å². The van der Waals surface area contributed by atoms with Crippen LogP contribution in [0.1, 0.15) is 29.6 Å². The Balaban J connectivity index is 2.07. The molecule has 116 valence electrons. The van der Waals surface area contributed by atoms with Gasteiger partial charge in [0.2, 0.25) is 0 Å². The molecule has 0 radical (unpaired) electrons. The van der Waals surface area contributed by atoms with Crippen LogP contribution in [0.5, 0.6) is 17.2 Å². The first-order valence-electron chi connectivity index (χ1n) is 7.17. The molecule has 7 heteroatoms. The monoisotopic (exact) mass is 303 g/mol. The number of aromatic amines is 1. The number of aromatic nitrogens is 2. The highest BCUT2D eigenvalue weighted by molar-refractivity contribution is 6.02. The summed E-state index contributed by atoms with van der Waals surface area (Å²) in [7, 11) is 0. The van der Waals surface area contributed by atoms with Crippen LogP contribution in [0.15, 0.2) is 18.3 Å². The number of benzene rings is 1. The third-order valence-corrected chi connectivity index (χ3v) is 3.87. The number of piperidine rings is 1. The molecule has 2 heterocycles. The molecule has 0 spiro atoms. The third kappa shape index (κ3) is 2.34. The fourth-order valence-electron chi connectivity index (χ4n) is 2.76. The van der Waals surface area contributed by atoms with Gasteiger partial charge in [0.25, 0.3) is 5.91 Å². The quantitative estimate of drug-likeness (QED) is 0.676. The van der Waals surface area contributed by atoms with Crippen molar-refractivity contribution in [2.24, 2.45) is 0 Å². The Hall–Kier alpha value is -2.70. The maximum absolute atomic E-state index is 12.6. The van der Waals surface area contributed by atoms with Crippen molar-refractivity contribution in [1.29, 1.82) is 0 Å². The van der Waals surface area contributed by atoms with Crippen molar-refractivity contribution in [3.05, 3.63) is 23.9 Å². The number of hydrogen-bond donors (Lipinski definition) is 4. The van der Waals surface area contributed by atoms with Gasteiger partial charge in [-0.25, -0.2) is 0 Å². The van der Waals surface area contributed by atoms with Crippen LogP contribution in [0.3, 0.4) is 0 Å². The Bertz CT molecular complexity index is 691. The summed E-state index contributed by atoms with van der Waals surface area (Å²) < 4.78 is 0. The normalized spacial score (nSPS) is 15.0. The predicted molar refractivity (Wildman–Crippen MR) is 78.8 cm³/mol. The van der Waals surface area contributed by atoms with Gasteiger partial charge in [0.05, 0.1) is 11.3 Å². The molecule has 7 nitrogen and oxygen atoms in total. The Morgan fingerprint density at radius 3 is 2.50 bits per heavy atom. The Labute approximate surface area is 126 Å². The van der Waals surface area contributed by atoms with Gasteiger partial charge in [0, 0.05) is 25.4 Å². The molecular formula is C15H17N3O4. The number of hydrogen-bond acceptors (Lipinski definition) is 5. The summed E-state index contributed by atoms with van der Waals surface area (Å²) in [5, 5.41) is 36.8. The molecule has 0 saturated carbocycles. The SMILES string of the molecule is O=C(c1c(O)cc(O)c(-c2cc[nH]n2)c1O)N1CCCCC1. The van der Waals surface area contributed by atoms with E-state index in [-0.39, 0.29) is 16.9 Å². The smallest absolute Gasteiger partial charge is 0.261 e. The van der Waals surface area contributed by atoms with E-state index in [1.165, 1.54) is 6.20 Å². The number of H-pyrrole nitrogens is 1. The van der Waals surface area contributed by atoms with Crippen LogP contribution < -0.4 is 0 Å². The zero-order chi connectivity index (χ0) is 15.7. The van der Waals surface area contributed by atoms with Crippen LogP contribution in [0.25, 0.3) is 11.3 Å². The number of phenolic OH excluding ortho intramolecular Hbond substituents is 3. The number of carbonyl (C=O) groups excluding carboxylic acids is 1. The second-order valence-corrected chi connectivity index (χ2v) is 5.33. The van der Waals surface area contributed by atoms with E-state index < -0.39 is 17.4 Å². The number of nitrogens with zero attached hydrogens (tertiary/aromatic N) is 2. The summed E-state index contributed by atoms with van der Waals surface area (Å²) in [6.45, 7) is 1.19. The minimum absolute atomic E-state index is 0.0272. The van der Waals surface area contributed by atoms with Gasteiger partial charge in [-0.3, -0.25) is 9.89 Å². The van der Waals surface area contributed by atoms with Crippen LogP contribution in [0.2, 0.25) is 0 Å². The Morgan fingerprint density at radius 1 is 1.14 bits per heavy atom. The van der Waals surface area contributed by atoms with Gasteiger partial charge >= 0.3 is 0 Å². The Kier molecular flexibility index (Phi) is 3.62. The van der Waals surface area contributed by atoms with Crippen molar-refractivity contribution in [3.8, 4) is 28.5 Å². The zero-order valence-electron chi connectivity index (χ0n) is 11.9. The third-order valence-electron chi connectivity index (χ3n) is 3.87. The number of carbonyl (C=O) groups is 1. The van der Waals surface area contributed by atoms with E-state index in [9.17, 15) is 20.1 Å². The summed E-state index contributed by atoms with van der Waals surface area (Å²) in [6, 6.07) is 2.61. The molecule has 1 fully saturated rings. The van der Waals surface area contributed by atoms with Gasteiger partial charge in [-0.05, 0) is 25.3 Å². The summed E-state index contributed by atoms with van der Waals surface area (Å²) >= 11 is 0. The molecule has 3 rings (SSSR count). The van der Waals surface area contributed by atoms with Crippen molar-refractivity contribution >= 4 is 5.91 Å². The number of amides is 1. The highest BCUT2D eigenvalue weighted by Gasteiger charge is 2.28. The minimum atomic E-state index is -0.458. The van der Waals surface area contributed by atoms with E-state index in [0.29, 0.717) is 18.8 Å². The minimum Gasteiger partial charge on any atom is -0.507 e. The molecule has 0 atom stereocenters. The van der Waals surface area contributed by atoms with Gasteiger partial charge < -0.3 is 20.2 Å². The lowest BCUT2D eigenvalue weighted by Gasteiger charge is -2.27. The van der Waals surface area contributed by atoms with Crippen LogP contribution in [-0.4, -0.2) is 49.4 Å². The average Bonchev–Trinajstić information content (AvgIpc) is 3.01. The number of aromatic hydroxyl groups is 3. The van der Waals surface area contributed by atoms with E-state index in [2.05, 4.69) is 10.2 Å². The summed E-state index contributed by atoms with van der Waals surface area (Å²) in [5.41, 5.74) is 0.125. The largest absolute Gasteiger partial charge is 0.507 e. The molecular weight excluding hydrogens is 286 g/mol. The molecule has 2 aromatic rings. The zero-order valence-corrected chi connectivity index (χ0v) is 11.9. The molecule has 4 N–H and O–H groups in total. The first kappa shape index (κ1) is 14.2. The van der Waals surface area contributed by atoms with Crippen LogP contribution in [0.4, 0.5) is 0 Å². The van der Waals surface area contributed by atoms with E-state index in [4.69, 9.17) is 0 Å². The number of phenols is 3. The summed E-state index contributed by atoms with van der Waals surface area (Å²) in [4.78, 5) is 14.2. The van der Waals surface area contributed by atoms with Crippen molar-refractivity contribution in [1.82, 2.24) is 15.1 Å². The van der Waals surface area contributed by atoms with Crippen molar-refractivity contribution in [2.45, 2.75) is 19.3 Å². The van der Waals surface area contributed by atoms with Crippen LogP contribution in [-0.2, 0) is 0 Å². The second-order valence-electron chi connectivity index (χ2n) is 5.33. The number of likely N-dealkylation sites (tertiary alicyclic amines) is 1. The van der Waals surface area contributed by atoms with Gasteiger partial charge in [-0.2, -0.15) is 5.10 Å².